The largest absolute Gasteiger partial charge is 0.377 e. The minimum Gasteiger partial charge on any atom is -0.377 e. The average molecular weight is 499 g/mol. The molecule has 1 saturated carbocycles. The highest BCUT2D eigenvalue weighted by atomic mass is 32.1. The zero-order valence-electron chi connectivity index (χ0n) is 21.7. The van der Waals surface area contributed by atoms with Crippen molar-refractivity contribution in [2.75, 3.05) is 24.6 Å². The van der Waals surface area contributed by atoms with Crippen LogP contribution in [-0.2, 0) is 20.9 Å². The van der Waals surface area contributed by atoms with E-state index in [0.717, 1.165) is 52.6 Å². The number of nitrogens with zero attached hydrogens (tertiary/aromatic N) is 2. The molecule has 35 heavy (non-hydrogen) atoms. The molecule has 192 valence electrons. The molecule has 2 heterocycles. The second-order valence-corrected chi connectivity index (χ2v) is 10.9. The summed E-state index contributed by atoms with van der Waals surface area (Å²) in [5.41, 5.74) is 2.20. The van der Waals surface area contributed by atoms with E-state index in [1.165, 1.54) is 32.1 Å². The maximum atomic E-state index is 12.1. The van der Waals surface area contributed by atoms with Crippen molar-refractivity contribution in [1.82, 2.24) is 4.90 Å². The molecule has 0 N–H and O–H groups in total. The van der Waals surface area contributed by atoms with E-state index in [2.05, 4.69) is 32.0 Å². The Morgan fingerprint density at radius 1 is 1.11 bits per heavy atom. The Bertz CT molecular complexity index is 900. The Balaban J connectivity index is 0.000000420. The molecule has 5 nitrogen and oxygen atoms in total. The standard InChI is InChI=1S/C22H28N2O3S.C7H14/c1-3-13-27-15-19-14-21(18-7-5-4-6-8-18)28-22(19)24(16-25)20-9-11-23(12-10-20)17(2)26;1-7-5-3-2-4-6-7/h4-8,14,16,20H,3,9-13,15H2,1-2H3;7H,2-6H2,1H3. The molecule has 6 heteroatoms. The van der Waals surface area contributed by atoms with Crippen LogP contribution >= 0.6 is 11.3 Å². The quantitative estimate of drug-likeness (QED) is 0.294. The first-order valence-corrected chi connectivity index (χ1v) is 14.1. The number of benzene rings is 1. The highest BCUT2D eigenvalue weighted by Gasteiger charge is 2.28. The third-order valence-corrected chi connectivity index (χ3v) is 8.24. The third kappa shape index (κ3) is 8.18. The summed E-state index contributed by atoms with van der Waals surface area (Å²) in [6.07, 6.45) is 10.9. The second kappa shape index (κ2) is 14.4. The lowest BCUT2D eigenvalue weighted by Crippen LogP contribution is -2.46. The van der Waals surface area contributed by atoms with Crippen LogP contribution in [0.4, 0.5) is 5.00 Å². The number of piperidine rings is 1. The lowest BCUT2D eigenvalue weighted by molar-refractivity contribution is -0.129. The summed E-state index contributed by atoms with van der Waals surface area (Å²) >= 11 is 1.64. The molecule has 2 amide bonds. The van der Waals surface area contributed by atoms with Gasteiger partial charge in [-0.05, 0) is 36.8 Å². The van der Waals surface area contributed by atoms with Crippen LogP contribution in [0.3, 0.4) is 0 Å². The maximum absolute atomic E-state index is 12.1. The summed E-state index contributed by atoms with van der Waals surface area (Å²) in [6, 6.07) is 12.5. The maximum Gasteiger partial charge on any atom is 0.219 e. The summed E-state index contributed by atoms with van der Waals surface area (Å²) in [5, 5.41) is 0.964. The molecule has 2 fully saturated rings. The minimum atomic E-state index is 0.104. The van der Waals surface area contributed by atoms with E-state index < -0.39 is 0 Å². The molecule has 2 aliphatic rings. The summed E-state index contributed by atoms with van der Waals surface area (Å²) in [7, 11) is 0. The van der Waals surface area contributed by atoms with E-state index in [9.17, 15) is 9.59 Å². The number of thiophene rings is 1. The van der Waals surface area contributed by atoms with E-state index in [1.54, 1.807) is 18.3 Å². The predicted molar refractivity (Wildman–Crippen MR) is 146 cm³/mol. The van der Waals surface area contributed by atoms with Gasteiger partial charge in [-0.25, -0.2) is 0 Å². The molecule has 0 spiro atoms. The zero-order chi connectivity index (χ0) is 25.0. The van der Waals surface area contributed by atoms with Gasteiger partial charge < -0.3 is 14.5 Å². The molecule has 1 aromatic heterocycles. The van der Waals surface area contributed by atoms with E-state index in [1.807, 2.05) is 28.0 Å². The van der Waals surface area contributed by atoms with E-state index in [-0.39, 0.29) is 11.9 Å². The molecule has 0 atom stereocenters. The van der Waals surface area contributed by atoms with Crippen LogP contribution < -0.4 is 4.90 Å². The van der Waals surface area contributed by atoms with Gasteiger partial charge in [0.05, 0.1) is 6.61 Å². The van der Waals surface area contributed by atoms with Gasteiger partial charge >= 0.3 is 0 Å². The van der Waals surface area contributed by atoms with Crippen molar-refractivity contribution >= 4 is 28.7 Å². The Morgan fingerprint density at radius 3 is 2.34 bits per heavy atom. The van der Waals surface area contributed by atoms with Crippen molar-refractivity contribution in [2.45, 2.75) is 84.8 Å². The third-order valence-electron chi connectivity index (χ3n) is 7.00. The van der Waals surface area contributed by atoms with Crippen molar-refractivity contribution in [3.05, 3.63) is 42.0 Å². The molecule has 0 unspecified atom stereocenters. The summed E-state index contributed by atoms with van der Waals surface area (Å²) < 4.78 is 5.80. The van der Waals surface area contributed by atoms with Crippen molar-refractivity contribution in [1.29, 1.82) is 0 Å². The lowest BCUT2D eigenvalue weighted by atomic mass is 9.91. The number of ether oxygens (including phenoxy) is 1. The van der Waals surface area contributed by atoms with Gasteiger partial charge in [0.1, 0.15) is 5.00 Å². The van der Waals surface area contributed by atoms with Gasteiger partial charge in [0.2, 0.25) is 12.3 Å². The van der Waals surface area contributed by atoms with Crippen LogP contribution in [0.2, 0.25) is 0 Å². The number of hydrogen-bond acceptors (Lipinski definition) is 4. The number of hydrogen-bond donors (Lipinski definition) is 0. The van der Waals surface area contributed by atoms with Gasteiger partial charge in [-0.15, -0.1) is 11.3 Å². The van der Waals surface area contributed by atoms with Crippen molar-refractivity contribution < 1.29 is 14.3 Å². The number of carbonyl (C=O) groups excluding carboxylic acids is 2. The Kier molecular flexibility index (Phi) is 11.3. The van der Waals surface area contributed by atoms with Crippen molar-refractivity contribution in [2.24, 2.45) is 5.92 Å². The molecular formula is C29H42N2O3S. The monoisotopic (exact) mass is 498 g/mol. The van der Waals surface area contributed by atoms with E-state index in [0.29, 0.717) is 26.3 Å². The number of carbonyl (C=O) groups is 2. The van der Waals surface area contributed by atoms with Gasteiger partial charge in [0, 0.05) is 43.1 Å². The molecule has 2 aromatic rings. The molecule has 0 bridgehead atoms. The van der Waals surface area contributed by atoms with Gasteiger partial charge in [0.15, 0.2) is 0 Å². The minimum absolute atomic E-state index is 0.104. The molecule has 1 aliphatic heterocycles. The number of rotatable bonds is 8. The van der Waals surface area contributed by atoms with Gasteiger partial charge in [-0.3, -0.25) is 9.59 Å². The van der Waals surface area contributed by atoms with Crippen LogP contribution in [0.5, 0.6) is 0 Å². The SMILES string of the molecule is CC1CCCCC1.CCCOCc1cc(-c2ccccc2)sc1N(C=O)C1CCN(C(C)=O)CC1. The fourth-order valence-corrected chi connectivity index (χ4v) is 6.09. The van der Waals surface area contributed by atoms with Crippen LogP contribution in [-0.4, -0.2) is 43.0 Å². The van der Waals surface area contributed by atoms with Gasteiger partial charge in [-0.2, -0.15) is 0 Å². The van der Waals surface area contributed by atoms with Crippen LogP contribution in [0.1, 0.15) is 77.7 Å². The first kappa shape index (κ1) is 27.4. The first-order valence-electron chi connectivity index (χ1n) is 13.3. The highest BCUT2D eigenvalue weighted by molar-refractivity contribution is 7.19. The van der Waals surface area contributed by atoms with Crippen LogP contribution in [0, 0.1) is 5.92 Å². The fraction of sp³-hybridized carbons (Fsp3) is 0.586. The van der Waals surface area contributed by atoms with Crippen molar-refractivity contribution in [3.8, 4) is 10.4 Å². The molecule has 0 radical (unpaired) electrons. The fourth-order valence-electron chi connectivity index (χ4n) is 4.88. The summed E-state index contributed by atoms with van der Waals surface area (Å²) in [6.45, 7) is 8.65. The number of amides is 2. The van der Waals surface area contributed by atoms with Gasteiger partial charge in [-0.1, -0.05) is 76.3 Å². The molecule has 1 saturated heterocycles. The average Bonchev–Trinajstić information content (AvgIpc) is 3.30. The predicted octanol–water partition coefficient (Wildman–Crippen LogP) is 6.90. The topological polar surface area (TPSA) is 49.9 Å². The highest BCUT2D eigenvalue weighted by Crippen LogP contribution is 2.39. The zero-order valence-corrected chi connectivity index (χ0v) is 22.5. The first-order chi connectivity index (χ1) is 17.0. The van der Waals surface area contributed by atoms with Crippen molar-refractivity contribution in [3.63, 3.8) is 0 Å². The van der Waals surface area contributed by atoms with Gasteiger partial charge in [0.25, 0.3) is 0 Å². The summed E-state index contributed by atoms with van der Waals surface area (Å²) in [5.74, 6) is 1.14. The molecular weight excluding hydrogens is 456 g/mol. The smallest absolute Gasteiger partial charge is 0.219 e. The molecule has 1 aromatic carbocycles. The summed E-state index contributed by atoms with van der Waals surface area (Å²) in [4.78, 5) is 28.5. The number of anilines is 1. The number of likely N-dealkylation sites (tertiary alicyclic amines) is 1. The van der Waals surface area contributed by atoms with Crippen LogP contribution in [0.15, 0.2) is 36.4 Å². The Morgan fingerprint density at radius 2 is 1.80 bits per heavy atom. The Labute approximate surface area is 215 Å². The Hall–Kier alpha value is -2.18. The molecule has 4 rings (SSSR count). The molecule has 1 aliphatic carbocycles. The van der Waals surface area contributed by atoms with Crippen LogP contribution in [0.25, 0.3) is 10.4 Å². The van der Waals surface area contributed by atoms with E-state index >= 15 is 0 Å². The lowest BCUT2D eigenvalue weighted by Gasteiger charge is -2.36. The second-order valence-electron chi connectivity index (χ2n) is 9.85. The van der Waals surface area contributed by atoms with E-state index in [4.69, 9.17) is 4.74 Å². The normalized spacial score (nSPS) is 16.9.